The van der Waals surface area contributed by atoms with E-state index in [2.05, 4.69) is 31.6 Å². The Hall–Kier alpha value is -1.60. The van der Waals surface area contributed by atoms with Crippen LogP contribution in [-0.2, 0) is 16.1 Å². The first-order chi connectivity index (χ1) is 11.3. The first kappa shape index (κ1) is 16.3. The number of hydrogen-bond donors (Lipinski definition) is 1. The number of hydrogen-bond acceptors (Lipinski definition) is 5. The molecular formula is C16H27N5O2. The summed E-state index contributed by atoms with van der Waals surface area (Å²) in [5.41, 5.74) is 0. The average Bonchev–Trinajstić information content (AvgIpc) is 3.25. The number of piperazine rings is 1. The molecule has 1 N–H and O–H groups in total. The van der Waals surface area contributed by atoms with E-state index in [-0.39, 0.29) is 12.0 Å². The third kappa shape index (κ3) is 4.23. The summed E-state index contributed by atoms with van der Waals surface area (Å²) >= 11 is 0. The van der Waals surface area contributed by atoms with Crippen molar-refractivity contribution in [3.8, 4) is 0 Å². The number of ether oxygens (including phenoxy) is 1. The molecule has 0 bridgehead atoms. The summed E-state index contributed by atoms with van der Waals surface area (Å²) in [4.78, 5) is 21.0. The highest BCUT2D eigenvalue weighted by Gasteiger charge is 2.22. The molecule has 0 saturated carbocycles. The summed E-state index contributed by atoms with van der Waals surface area (Å²) in [5, 5.41) is 2.99. The Balaban J connectivity index is 1.39. The van der Waals surface area contributed by atoms with Crippen molar-refractivity contribution in [3.63, 3.8) is 0 Å². The lowest BCUT2D eigenvalue weighted by Crippen LogP contribution is -2.50. The Kier molecular flexibility index (Phi) is 5.51. The van der Waals surface area contributed by atoms with Gasteiger partial charge < -0.3 is 19.5 Å². The van der Waals surface area contributed by atoms with Crippen molar-refractivity contribution in [1.29, 1.82) is 0 Å². The lowest BCUT2D eigenvalue weighted by atomic mass is 10.2. The second kappa shape index (κ2) is 7.79. The van der Waals surface area contributed by atoms with Crippen molar-refractivity contribution in [2.24, 2.45) is 0 Å². The maximum absolute atomic E-state index is 12.0. The lowest BCUT2D eigenvalue weighted by molar-refractivity contribution is -0.122. The number of aryl methyl sites for hydroxylation is 1. The molecule has 23 heavy (non-hydrogen) atoms. The van der Waals surface area contributed by atoms with Gasteiger partial charge in [-0.1, -0.05) is 0 Å². The van der Waals surface area contributed by atoms with E-state index in [1.807, 2.05) is 12.4 Å². The fraction of sp³-hybridized carbons (Fsp3) is 0.750. The molecule has 3 heterocycles. The summed E-state index contributed by atoms with van der Waals surface area (Å²) in [5.74, 6) is 1.14. The molecule has 1 aromatic heterocycles. The zero-order chi connectivity index (χ0) is 16.1. The number of carbonyl (C=O) groups is 1. The molecule has 2 fully saturated rings. The van der Waals surface area contributed by atoms with Crippen molar-refractivity contribution < 1.29 is 9.53 Å². The third-order valence-corrected chi connectivity index (χ3v) is 4.61. The Bertz CT molecular complexity index is 504. The molecule has 3 rings (SSSR count). The minimum Gasteiger partial charge on any atom is -0.376 e. The number of nitrogens with zero attached hydrogens (tertiary/aromatic N) is 4. The number of amides is 1. The molecule has 1 amide bonds. The summed E-state index contributed by atoms with van der Waals surface area (Å²) in [6.45, 7) is 8.62. The van der Waals surface area contributed by atoms with E-state index in [0.29, 0.717) is 13.1 Å². The van der Waals surface area contributed by atoms with E-state index in [0.717, 1.165) is 58.1 Å². The van der Waals surface area contributed by atoms with Crippen molar-refractivity contribution in [1.82, 2.24) is 19.8 Å². The maximum atomic E-state index is 12.0. The van der Waals surface area contributed by atoms with Gasteiger partial charge in [-0.2, -0.15) is 0 Å². The van der Waals surface area contributed by atoms with Gasteiger partial charge in [0.15, 0.2) is 0 Å². The van der Waals surface area contributed by atoms with Crippen LogP contribution in [0.25, 0.3) is 0 Å². The molecule has 2 aliphatic heterocycles. The van der Waals surface area contributed by atoms with Gasteiger partial charge in [0.2, 0.25) is 11.9 Å². The highest BCUT2D eigenvalue weighted by Crippen LogP contribution is 2.14. The van der Waals surface area contributed by atoms with E-state index >= 15 is 0 Å². The quantitative estimate of drug-likeness (QED) is 0.818. The first-order valence-corrected chi connectivity index (χ1v) is 8.63. The largest absolute Gasteiger partial charge is 0.376 e. The van der Waals surface area contributed by atoms with Crippen molar-refractivity contribution in [3.05, 3.63) is 12.4 Å². The number of imidazole rings is 1. The van der Waals surface area contributed by atoms with Crippen LogP contribution in [-0.4, -0.2) is 72.3 Å². The number of anilines is 1. The molecule has 0 aromatic carbocycles. The summed E-state index contributed by atoms with van der Waals surface area (Å²) in [6.07, 6.45) is 6.24. The number of carbonyl (C=O) groups excluding carboxylic acids is 1. The second-order valence-corrected chi connectivity index (χ2v) is 6.22. The molecule has 0 aliphatic carbocycles. The van der Waals surface area contributed by atoms with Gasteiger partial charge in [0.25, 0.3) is 0 Å². The van der Waals surface area contributed by atoms with E-state index in [9.17, 15) is 4.79 Å². The van der Waals surface area contributed by atoms with Crippen molar-refractivity contribution in [2.45, 2.75) is 32.4 Å². The van der Waals surface area contributed by atoms with Crippen LogP contribution in [0.2, 0.25) is 0 Å². The normalized spacial score (nSPS) is 22.5. The van der Waals surface area contributed by atoms with Gasteiger partial charge >= 0.3 is 0 Å². The smallest absolute Gasteiger partial charge is 0.234 e. The van der Waals surface area contributed by atoms with Gasteiger partial charge in [0, 0.05) is 58.3 Å². The summed E-state index contributed by atoms with van der Waals surface area (Å²) in [6, 6.07) is 0. The van der Waals surface area contributed by atoms with Gasteiger partial charge in [-0.25, -0.2) is 4.98 Å². The van der Waals surface area contributed by atoms with Crippen LogP contribution in [0.3, 0.4) is 0 Å². The van der Waals surface area contributed by atoms with Crippen LogP contribution in [0.1, 0.15) is 19.8 Å². The van der Waals surface area contributed by atoms with Gasteiger partial charge in [-0.3, -0.25) is 9.69 Å². The van der Waals surface area contributed by atoms with Crippen LogP contribution in [0.15, 0.2) is 12.4 Å². The highest BCUT2D eigenvalue weighted by atomic mass is 16.5. The predicted molar refractivity (Wildman–Crippen MR) is 88.5 cm³/mol. The first-order valence-electron chi connectivity index (χ1n) is 8.63. The topological polar surface area (TPSA) is 62.6 Å². The van der Waals surface area contributed by atoms with E-state index < -0.39 is 0 Å². The predicted octanol–water partition coefficient (Wildman–Crippen LogP) is 0.320. The number of aromatic nitrogens is 2. The molecule has 1 unspecified atom stereocenters. The summed E-state index contributed by atoms with van der Waals surface area (Å²) in [7, 11) is 0. The number of rotatable bonds is 6. The third-order valence-electron chi connectivity index (χ3n) is 4.61. The van der Waals surface area contributed by atoms with Gasteiger partial charge in [-0.15, -0.1) is 0 Å². The lowest BCUT2D eigenvalue weighted by Gasteiger charge is -2.35. The fourth-order valence-electron chi connectivity index (χ4n) is 3.23. The minimum atomic E-state index is 0.101. The Morgan fingerprint density at radius 2 is 2.22 bits per heavy atom. The van der Waals surface area contributed by atoms with E-state index in [4.69, 9.17) is 4.74 Å². The molecule has 0 spiro atoms. The molecule has 1 atom stereocenters. The van der Waals surface area contributed by atoms with Crippen molar-refractivity contribution >= 4 is 11.9 Å². The van der Waals surface area contributed by atoms with Crippen LogP contribution >= 0.6 is 0 Å². The molecule has 7 nitrogen and oxygen atoms in total. The molecule has 0 radical (unpaired) electrons. The molecule has 2 saturated heterocycles. The maximum Gasteiger partial charge on any atom is 0.234 e. The zero-order valence-corrected chi connectivity index (χ0v) is 13.9. The number of nitrogens with one attached hydrogen (secondary N) is 1. The SMILES string of the molecule is CCn1ccnc1N1CCN(CC(=O)NCC2CCCO2)CC1. The van der Waals surface area contributed by atoms with Gasteiger partial charge in [-0.05, 0) is 19.8 Å². The van der Waals surface area contributed by atoms with Crippen LogP contribution in [0.4, 0.5) is 5.95 Å². The molecule has 128 valence electrons. The van der Waals surface area contributed by atoms with Crippen LogP contribution in [0.5, 0.6) is 0 Å². The van der Waals surface area contributed by atoms with Gasteiger partial charge in [0.1, 0.15) is 0 Å². The summed E-state index contributed by atoms with van der Waals surface area (Å²) < 4.78 is 7.68. The standard InChI is InChI=1S/C16H27N5O2/c1-2-20-6-5-17-16(20)21-9-7-19(8-10-21)13-15(22)18-12-14-4-3-11-23-14/h5-6,14H,2-4,7-13H2,1H3,(H,18,22). The van der Waals surface area contributed by atoms with E-state index in [1.54, 1.807) is 0 Å². The Morgan fingerprint density at radius 3 is 2.91 bits per heavy atom. The van der Waals surface area contributed by atoms with Crippen molar-refractivity contribution in [2.75, 3.05) is 50.8 Å². The average molecular weight is 321 g/mol. The Labute approximate surface area is 137 Å². The molecule has 1 aromatic rings. The minimum absolute atomic E-state index is 0.101. The fourth-order valence-corrected chi connectivity index (χ4v) is 3.23. The Morgan fingerprint density at radius 1 is 1.39 bits per heavy atom. The van der Waals surface area contributed by atoms with E-state index in [1.165, 1.54) is 0 Å². The highest BCUT2D eigenvalue weighted by molar-refractivity contribution is 5.78. The molecule has 2 aliphatic rings. The zero-order valence-electron chi connectivity index (χ0n) is 13.9. The molecular weight excluding hydrogens is 294 g/mol. The van der Waals surface area contributed by atoms with Gasteiger partial charge in [0.05, 0.1) is 12.6 Å². The van der Waals surface area contributed by atoms with Crippen LogP contribution < -0.4 is 10.2 Å². The monoisotopic (exact) mass is 321 g/mol. The second-order valence-electron chi connectivity index (χ2n) is 6.22. The molecule has 7 heteroatoms. The van der Waals surface area contributed by atoms with Crippen LogP contribution in [0, 0.1) is 0 Å².